The van der Waals surface area contributed by atoms with Gasteiger partial charge in [-0.3, -0.25) is 9.88 Å². The molecule has 1 rings (SSSR count). The summed E-state index contributed by atoms with van der Waals surface area (Å²) in [6.07, 6.45) is 0. The summed E-state index contributed by atoms with van der Waals surface area (Å²) in [4.78, 5) is 6.57. The Hall–Kier alpha value is -1.17. The second-order valence-electron chi connectivity index (χ2n) is 4.13. The molecule has 0 spiro atoms. The van der Waals surface area contributed by atoms with E-state index in [4.69, 9.17) is 14.6 Å². The fourth-order valence-corrected chi connectivity index (χ4v) is 1.76. The van der Waals surface area contributed by atoms with Crippen LogP contribution in [-0.4, -0.2) is 55.5 Å². The summed E-state index contributed by atoms with van der Waals surface area (Å²) in [5, 5.41) is 9.04. The minimum atomic E-state index is 0.132. The molecule has 0 saturated heterocycles. The van der Waals surface area contributed by atoms with E-state index in [-0.39, 0.29) is 6.61 Å². The molecule has 5 heteroatoms. The van der Waals surface area contributed by atoms with E-state index in [9.17, 15) is 0 Å². The highest BCUT2D eigenvalue weighted by Gasteiger charge is 2.08. The fraction of sp³-hybridized carbons (Fsp3) is 0.615. The molecule has 18 heavy (non-hydrogen) atoms. The maximum atomic E-state index is 9.04. The topological polar surface area (TPSA) is 54.8 Å². The Balaban J connectivity index is 2.69. The number of aliphatic hydroxyl groups is 1. The predicted octanol–water partition coefficient (Wildman–Crippen LogP) is 0.839. The molecule has 1 aromatic rings. The molecule has 0 amide bonds. The van der Waals surface area contributed by atoms with E-state index in [1.165, 1.54) is 0 Å². The average Bonchev–Trinajstić information content (AvgIpc) is 2.35. The zero-order chi connectivity index (χ0) is 13.4. The molecule has 0 aliphatic carbocycles. The predicted molar refractivity (Wildman–Crippen MR) is 69.8 cm³/mol. The van der Waals surface area contributed by atoms with Crippen molar-refractivity contribution in [2.24, 2.45) is 0 Å². The number of methoxy groups -OCH3 is 2. The molecular formula is C13H22N2O3. The van der Waals surface area contributed by atoms with Crippen LogP contribution in [0.5, 0.6) is 5.75 Å². The van der Waals surface area contributed by atoms with Crippen LogP contribution in [0.25, 0.3) is 0 Å². The molecule has 0 radical (unpaired) electrons. The van der Waals surface area contributed by atoms with Crippen LogP contribution in [0.3, 0.4) is 0 Å². The smallest absolute Gasteiger partial charge is 0.122 e. The molecule has 0 bridgehead atoms. The lowest BCUT2D eigenvalue weighted by Gasteiger charge is -2.20. The lowest BCUT2D eigenvalue weighted by molar-refractivity contribution is 0.126. The van der Waals surface area contributed by atoms with E-state index in [1.54, 1.807) is 14.2 Å². The largest absolute Gasteiger partial charge is 0.497 e. The molecule has 102 valence electrons. The number of aromatic nitrogens is 1. The summed E-state index contributed by atoms with van der Waals surface area (Å²) in [6.45, 7) is 4.78. The number of hydrogen-bond donors (Lipinski definition) is 1. The summed E-state index contributed by atoms with van der Waals surface area (Å²) in [5.74, 6) is 0.813. The van der Waals surface area contributed by atoms with Gasteiger partial charge in [-0.15, -0.1) is 0 Å². The molecule has 1 N–H and O–H groups in total. The second-order valence-corrected chi connectivity index (χ2v) is 4.13. The first-order valence-corrected chi connectivity index (χ1v) is 6.03. The zero-order valence-electron chi connectivity index (χ0n) is 11.3. The summed E-state index contributed by atoms with van der Waals surface area (Å²) in [6, 6.07) is 3.82. The highest BCUT2D eigenvalue weighted by atomic mass is 16.5. The van der Waals surface area contributed by atoms with Gasteiger partial charge in [0.1, 0.15) is 5.75 Å². The van der Waals surface area contributed by atoms with Gasteiger partial charge in [-0.1, -0.05) is 0 Å². The molecule has 1 heterocycles. The van der Waals surface area contributed by atoms with Crippen LogP contribution in [-0.2, 0) is 11.3 Å². The number of hydrogen-bond acceptors (Lipinski definition) is 5. The van der Waals surface area contributed by atoms with Crippen LogP contribution in [0.2, 0.25) is 0 Å². The van der Waals surface area contributed by atoms with Gasteiger partial charge < -0.3 is 14.6 Å². The van der Waals surface area contributed by atoms with Gasteiger partial charge in [0.15, 0.2) is 0 Å². The summed E-state index contributed by atoms with van der Waals surface area (Å²) >= 11 is 0. The molecule has 0 fully saturated rings. The Bertz CT molecular complexity index is 358. The second kappa shape index (κ2) is 8.02. The summed E-state index contributed by atoms with van der Waals surface area (Å²) in [5.41, 5.74) is 1.87. The van der Waals surface area contributed by atoms with Crippen LogP contribution >= 0.6 is 0 Å². The van der Waals surface area contributed by atoms with Crippen LogP contribution in [0.1, 0.15) is 11.4 Å². The highest BCUT2D eigenvalue weighted by molar-refractivity contribution is 5.26. The number of pyridine rings is 1. The minimum Gasteiger partial charge on any atom is -0.497 e. The number of rotatable bonds is 8. The molecule has 0 aromatic carbocycles. The first kappa shape index (κ1) is 14.9. The lowest BCUT2D eigenvalue weighted by atomic mass is 10.2. The Kier molecular flexibility index (Phi) is 6.64. The van der Waals surface area contributed by atoms with Crippen molar-refractivity contribution in [3.8, 4) is 5.75 Å². The molecule has 0 unspecified atom stereocenters. The van der Waals surface area contributed by atoms with E-state index < -0.39 is 0 Å². The SMILES string of the molecule is COCCN(CCO)Cc1cc(OC)cc(C)n1. The summed E-state index contributed by atoms with van der Waals surface area (Å²) in [7, 11) is 3.32. The third-order valence-electron chi connectivity index (χ3n) is 2.63. The Morgan fingerprint density at radius 2 is 2.06 bits per heavy atom. The fourth-order valence-electron chi connectivity index (χ4n) is 1.76. The van der Waals surface area contributed by atoms with Gasteiger partial charge in [-0.05, 0) is 6.92 Å². The summed E-state index contributed by atoms with van der Waals surface area (Å²) < 4.78 is 10.3. The first-order valence-electron chi connectivity index (χ1n) is 6.03. The Labute approximate surface area is 108 Å². The van der Waals surface area contributed by atoms with E-state index >= 15 is 0 Å². The minimum absolute atomic E-state index is 0.132. The number of aryl methyl sites for hydroxylation is 1. The van der Waals surface area contributed by atoms with Crippen molar-refractivity contribution in [3.63, 3.8) is 0 Å². The third-order valence-corrected chi connectivity index (χ3v) is 2.63. The van der Waals surface area contributed by atoms with Crippen LogP contribution < -0.4 is 4.74 Å². The molecule has 1 aromatic heterocycles. The van der Waals surface area contributed by atoms with Crippen molar-refractivity contribution in [2.45, 2.75) is 13.5 Å². The highest BCUT2D eigenvalue weighted by Crippen LogP contribution is 2.14. The molecule has 5 nitrogen and oxygen atoms in total. The average molecular weight is 254 g/mol. The van der Waals surface area contributed by atoms with Gasteiger partial charge in [0.25, 0.3) is 0 Å². The Morgan fingerprint density at radius 1 is 1.28 bits per heavy atom. The van der Waals surface area contributed by atoms with E-state index in [0.717, 1.165) is 23.7 Å². The lowest BCUT2D eigenvalue weighted by Crippen LogP contribution is -2.30. The molecule has 0 aliphatic heterocycles. The van der Waals surface area contributed by atoms with Gasteiger partial charge in [0.2, 0.25) is 0 Å². The zero-order valence-corrected chi connectivity index (χ0v) is 11.3. The quantitative estimate of drug-likeness (QED) is 0.745. The van der Waals surface area contributed by atoms with E-state index in [2.05, 4.69) is 9.88 Å². The number of aliphatic hydroxyl groups excluding tert-OH is 1. The van der Waals surface area contributed by atoms with Gasteiger partial charge >= 0.3 is 0 Å². The van der Waals surface area contributed by atoms with Gasteiger partial charge in [-0.2, -0.15) is 0 Å². The van der Waals surface area contributed by atoms with Crippen molar-refractivity contribution in [1.82, 2.24) is 9.88 Å². The molecule has 0 saturated carbocycles. The molecule has 0 aliphatic rings. The van der Waals surface area contributed by atoms with Crippen LogP contribution in [0.4, 0.5) is 0 Å². The van der Waals surface area contributed by atoms with Gasteiger partial charge in [0, 0.05) is 44.6 Å². The van der Waals surface area contributed by atoms with Crippen LogP contribution in [0, 0.1) is 6.92 Å². The van der Waals surface area contributed by atoms with E-state index in [0.29, 0.717) is 19.7 Å². The number of nitrogens with zero attached hydrogens (tertiary/aromatic N) is 2. The first-order chi connectivity index (χ1) is 8.69. The van der Waals surface area contributed by atoms with Crippen molar-refractivity contribution < 1.29 is 14.6 Å². The molecule has 0 atom stereocenters. The third kappa shape index (κ3) is 5.00. The van der Waals surface area contributed by atoms with Crippen molar-refractivity contribution in [3.05, 3.63) is 23.5 Å². The van der Waals surface area contributed by atoms with Crippen LogP contribution in [0.15, 0.2) is 12.1 Å². The normalized spacial score (nSPS) is 10.9. The van der Waals surface area contributed by atoms with Crippen molar-refractivity contribution in [1.29, 1.82) is 0 Å². The van der Waals surface area contributed by atoms with E-state index in [1.807, 2.05) is 19.1 Å². The maximum absolute atomic E-state index is 9.04. The van der Waals surface area contributed by atoms with Crippen molar-refractivity contribution in [2.75, 3.05) is 40.5 Å². The maximum Gasteiger partial charge on any atom is 0.122 e. The number of ether oxygens (including phenoxy) is 2. The standard InChI is InChI=1S/C13H22N2O3/c1-11-8-13(18-3)9-12(14-11)10-15(4-6-16)5-7-17-2/h8-9,16H,4-7,10H2,1-3H3. The van der Waals surface area contributed by atoms with Gasteiger partial charge in [-0.25, -0.2) is 0 Å². The van der Waals surface area contributed by atoms with Crippen molar-refractivity contribution >= 4 is 0 Å². The Morgan fingerprint density at radius 3 is 2.67 bits per heavy atom. The monoisotopic (exact) mass is 254 g/mol. The van der Waals surface area contributed by atoms with Gasteiger partial charge in [0.05, 0.1) is 26.0 Å². The molecular weight excluding hydrogens is 232 g/mol.